The number of aromatic nitrogens is 1. The van der Waals surface area contributed by atoms with E-state index in [1.54, 1.807) is 30.6 Å². The molecule has 0 bridgehead atoms. The van der Waals surface area contributed by atoms with Gasteiger partial charge in [0.05, 0.1) is 0 Å². The van der Waals surface area contributed by atoms with Crippen LogP contribution in [0.5, 0.6) is 0 Å². The molecule has 2 heterocycles. The summed E-state index contributed by atoms with van der Waals surface area (Å²) in [5.74, 6) is 0.777. The highest BCUT2D eigenvalue weighted by Gasteiger charge is 2.21. The van der Waals surface area contributed by atoms with E-state index in [-0.39, 0.29) is 29.4 Å². The van der Waals surface area contributed by atoms with Gasteiger partial charge in [-0.2, -0.15) is 0 Å². The molecule has 0 fully saturated rings. The zero-order valence-electron chi connectivity index (χ0n) is 13.5. The topological polar surface area (TPSA) is 49.3 Å². The van der Waals surface area contributed by atoms with Crippen molar-refractivity contribution in [2.45, 2.75) is 25.8 Å². The Labute approximate surface area is 163 Å². The molecular weight excluding hydrogens is 443 g/mol. The number of thiophene rings is 1. The van der Waals surface area contributed by atoms with Crippen molar-refractivity contribution in [1.82, 2.24) is 15.6 Å². The Hall–Kier alpha value is -0.860. The fourth-order valence-electron chi connectivity index (χ4n) is 1.97. The van der Waals surface area contributed by atoms with Gasteiger partial charge in [0, 0.05) is 36.6 Å². The van der Waals surface area contributed by atoms with Gasteiger partial charge in [0.1, 0.15) is 5.15 Å². The van der Waals surface area contributed by atoms with Crippen LogP contribution in [0, 0.1) is 0 Å². The lowest BCUT2D eigenvalue weighted by molar-refractivity contribution is 0.518. The van der Waals surface area contributed by atoms with Crippen molar-refractivity contribution in [1.29, 1.82) is 0 Å². The van der Waals surface area contributed by atoms with Gasteiger partial charge in [0.15, 0.2) is 5.96 Å². The van der Waals surface area contributed by atoms with E-state index in [9.17, 15) is 0 Å². The summed E-state index contributed by atoms with van der Waals surface area (Å²) in [4.78, 5) is 9.68. The third kappa shape index (κ3) is 6.27. The minimum atomic E-state index is 0. The van der Waals surface area contributed by atoms with Crippen molar-refractivity contribution in [3.8, 4) is 0 Å². The van der Waals surface area contributed by atoms with E-state index in [0.717, 1.165) is 18.1 Å². The number of hydrogen-bond acceptors (Lipinski definition) is 3. The highest BCUT2D eigenvalue weighted by Crippen LogP contribution is 2.26. The largest absolute Gasteiger partial charge is 0.356 e. The molecule has 0 saturated carbocycles. The average Bonchev–Trinajstić information content (AvgIpc) is 3.04. The van der Waals surface area contributed by atoms with Crippen LogP contribution in [0.25, 0.3) is 0 Å². The van der Waals surface area contributed by atoms with Crippen LogP contribution < -0.4 is 10.6 Å². The molecule has 2 rings (SSSR count). The van der Waals surface area contributed by atoms with E-state index >= 15 is 0 Å². The zero-order chi connectivity index (χ0) is 16.0. The summed E-state index contributed by atoms with van der Waals surface area (Å²) >= 11 is 7.56. The lowest BCUT2D eigenvalue weighted by Gasteiger charge is -2.25. The van der Waals surface area contributed by atoms with E-state index in [1.807, 2.05) is 6.07 Å². The number of halogens is 2. The van der Waals surface area contributed by atoms with Gasteiger partial charge in [-0.05, 0) is 23.1 Å². The minimum absolute atomic E-state index is 0. The SMILES string of the molecule is CN=C(NCc1ccc(Cl)nc1)NCC(C)(C)c1cccs1.I. The molecule has 0 atom stereocenters. The van der Waals surface area contributed by atoms with E-state index in [0.29, 0.717) is 11.7 Å². The normalized spacial score (nSPS) is 11.7. The maximum absolute atomic E-state index is 5.78. The van der Waals surface area contributed by atoms with E-state index < -0.39 is 0 Å². The van der Waals surface area contributed by atoms with Gasteiger partial charge in [-0.3, -0.25) is 4.99 Å². The summed E-state index contributed by atoms with van der Waals surface area (Å²) in [5.41, 5.74) is 1.12. The molecule has 0 aliphatic heterocycles. The smallest absolute Gasteiger partial charge is 0.191 e. The minimum Gasteiger partial charge on any atom is -0.356 e. The molecule has 2 N–H and O–H groups in total. The molecule has 0 radical (unpaired) electrons. The second-order valence-corrected chi connectivity index (χ2v) is 6.96. The summed E-state index contributed by atoms with van der Waals surface area (Å²) in [5, 5.41) is 9.27. The molecule has 7 heteroatoms. The number of guanidine groups is 1. The summed E-state index contributed by atoms with van der Waals surface area (Å²) in [7, 11) is 1.77. The van der Waals surface area contributed by atoms with Crippen LogP contribution in [0.15, 0.2) is 40.8 Å². The number of rotatable bonds is 5. The van der Waals surface area contributed by atoms with Crippen molar-refractivity contribution in [2.75, 3.05) is 13.6 Å². The van der Waals surface area contributed by atoms with Gasteiger partial charge >= 0.3 is 0 Å². The summed E-state index contributed by atoms with van der Waals surface area (Å²) in [6, 6.07) is 7.99. The first-order chi connectivity index (χ1) is 10.5. The van der Waals surface area contributed by atoms with Gasteiger partial charge in [-0.25, -0.2) is 4.98 Å². The molecule has 23 heavy (non-hydrogen) atoms. The van der Waals surface area contributed by atoms with Crippen molar-refractivity contribution in [3.05, 3.63) is 51.4 Å². The van der Waals surface area contributed by atoms with Crippen molar-refractivity contribution in [3.63, 3.8) is 0 Å². The number of nitrogens with zero attached hydrogens (tertiary/aromatic N) is 2. The molecule has 0 unspecified atom stereocenters. The van der Waals surface area contributed by atoms with E-state index in [4.69, 9.17) is 11.6 Å². The highest BCUT2D eigenvalue weighted by molar-refractivity contribution is 14.0. The molecule has 0 aromatic carbocycles. The number of nitrogens with one attached hydrogen (secondary N) is 2. The predicted molar refractivity (Wildman–Crippen MR) is 110 cm³/mol. The van der Waals surface area contributed by atoms with Crippen molar-refractivity contribution < 1.29 is 0 Å². The molecule has 0 aliphatic rings. The van der Waals surface area contributed by atoms with Crippen LogP contribution in [0.3, 0.4) is 0 Å². The fraction of sp³-hybridized carbons (Fsp3) is 0.375. The summed E-state index contributed by atoms with van der Waals surface area (Å²) in [6.07, 6.45) is 1.76. The van der Waals surface area contributed by atoms with Gasteiger partial charge in [-0.15, -0.1) is 35.3 Å². The fourth-order valence-corrected chi connectivity index (χ4v) is 2.94. The number of aliphatic imine (C=N–C) groups is 1. The standard InChI is InChI=1S/C16H21ClN4S.HI/c1-16(2,13-5-4-8-22-13)11-21-15(18-3)20-10-12-6-7-14(17)19-9-12;/h4-9H,10-11H2,1-3H3,(H2,18,20,21);1H. The number of pyridine rings is 1. The zero-order valence-corrected chi connectivity index (χ0v) is 17.4. The molecule has 0 saturated heterocycles. The van der Waals surface area contributed by atoms with Gasteiger partial charge in [0.25, 0.3) is 0 Å². The Balaban J connectivity index is 0.00000264. The van der Waals surface area contributed by atoms with Crippen LogP contribution in [0.2, 0.25) is 5.15 Å². The lowest BCUT2D eigenvalue weighted by Crippen LogP contribution is -2.42. The Bertz CT molecular complexity index is 612. The summed E-state index contributed by atoms with van der Waals surface area (Å²) in [6.45, 7) is 5.92. The van der Waals surface area contributed by atoms with Gasteiger partial charge in [0.2, 0.25) is 0 Å². The number of hydrogen-bond donors (Lipinski definition) is 2. The molecule has 4 nitrogen and oxygen atoms in total. The maximum Gasteiger partial charge on any atom is 0.191 e. The average molecular weight is 465 g/mol. The Morgan fingerprint density at radius 3 is 2.65 bits per heavy atom. The van der Waals surface area contributed by atoms with E-state index in [1.165, 1.54) is 4.88 Å². The van der Waals surface area contributed by atoms with Gasteiger partial charge in [-0.1, -0.05) is 37.6 Å². The Morgan fingerprint density at radius 1 is 1.30 bits per heavy atom. The molecule has 0 amide bonds. The van der Waals surface area contributed by atoms with Crippen LogP contribution >= 0.6 is 46.9 Å². The molecule has 0 aliphatic carbocycles. The van der Waals surface area contributed by atoms with Crippen LogP contribution in [-0.2, 0) is 12.0 Å². The van der Waals surface area contributed by atoms with Crippen LogP contribution in [0.4, 0.5) is 0 Å². The van der Waals surface area contributed by atoms with Crippen LogP contribution in [-0.4, -0.2) is 24.5 Å². The molecule has 0 spiro atoms. The summed E-state index contributed by atoms with van der Waals surface area (Å²) < 4.78 is 0. The first kappa shape index (κ1) is 20.2. The maximum atomic E-state index is 5.78. The predicted octanol–water partition coefficient (Wildman–Crippen LogP) is 4.06. The molecule has 126 valence electrons. The van der Waals surface area contributed by atoms with Crippen molar-refractivity contribution >= 4 is 52.9 Å². The van der Waals surface area contributed by atoms with Gasteiger partial charge < -0.3 is 10.6 Å². The lowest BCUT2D eigenvalue weighted by atomic mass is 9.91. The second-order valence-electron chi connectivity index (χ2n) is 5.63. The highest BCUT2D eigenvalue weighted by atomic mass is 127. The molecular formula is C16H22ClIN4S. The first-order valence-corrected chi connectivity index (χ1v) is 8.36. The second kappa shape index (κ2) is 9.44. The quantitative estimate of drug-likeness (QED) is 0.304. The molecule has 2 aromatic heterocycles. The van der Waals surface area contributed by atoms with E-state index in [2.05, 4.69) is 52.0 Å². The first-order valence-electron chi connectivity index (χ1n) is 7.10. The Morgan fingerprint density at radius 2 is 2.09 bits per heavy atom. The van der Waals surface area contributed by atoms with Crippen LogP contribution in [0.1, 0.15) is 24.3 Å². The third-order valence-corrected chi connectivity index (χ3v) is 4.82. The van der Waals surface area contributed by atoms with Crippen molar-refractivity contribution in [2.24, 2.45) is 4.99 Å². The third-order valence-electron chi connectivity index (χ3n) is 3.36. The molecule has 2 aromatic rings. The monoisotopic (exact) mass is 464 g/mol. The Kier molecular flexibility index (Phi) is 8.28.